The molecule has 1 saturated carbocycles. The first-order valence-electron chi connectivity index (χ1n) is 4.51. The number of hydrogen-bond donors (Lipinski definition) is 1. The molecule has 0 saturated heterocycles. The molecule has 0 amide bonds. The minimum absolute atomic E-state index is 0.106. The van der Waals surface area contributed by atoms with E-state index < -0.39 is 5.41 Å². The van der Waals surface area contributed by atoms with Gasteiger partial charge in [0.05, 0.1) is 18.6 Å². The number of rotatable bonds is 2. The standard InChI is InChI=1S/C11H11NO2/c1-14-9-4-2-3-8(10(9)13)11(7-12)5-6-11/h2-4,13H,5-6H2,1H3. The summed E-state index contributed by atoms with van der Waals surface area (Å²) in [7, 11) is 1.50. The van der Waals surface area contributed by atoms with E-state index in [4.69, 9.17) is 10.00 Å². The summed E-state index contributed by atoms with van der Waals surface area (Å²) in [5.41, 5.74) is 0.234. The molecule has 0 spiro atoms. The van der Waals surface area contributed by atoms with Crippen LogP contribution in [-0.2, 0) is 5.41 Å². The number of phenols is 1. The zero-order valence-corrected chi connectivity index (χ0v) is 7.95. The van der Waals surface area contributed by atoms with Crippen molar-refractivity contribution in [3.8, 4) is 17.6 Å². The number of para-hydroxylation sites is 1. The average Bonchev–Trinajstić information content (AvgIpc) is 2.99. The smallest absolute Gasteiger partial charge is 0.162 e. The second-order valence-corrected chi connectivity index (χ2v) is 3.55. The van der Waals surface area contributed by atoms with Gasteiger partial charge in [0.15, 0.2) is 11.5 Å². The molecule has 1 aromatic carbocycles. The van der Waals surface area contributed by atoms with E-state index >= 15 is 0 Å². The van der Waals surface area contributed by atoms with Gasteiger partial charge in [0.1, 0.15) is 0 Å². The van der Waals surface area contributed by atoms with Crippen LogP contribution in [-0.4, -0.2) is 12.2 Å². The average molecular weight is 189 g/mol. The van der Waals surface area contributed by atoms with E-state index in [-0.39, 0.29) is 5.75 Å². The fraction of sp³-hybridized carbons (Fsp3) is 0.364. The molecule has 0 aromatic heterocycles. The maximum atomic E-state index is 9.82. The maximum Gasteiger partial charge on any atom is 0.162 e. The third-order valence-corrected chi connectivity index (χ3v) is 2.70. The van der Waals surface area contributed by atoms with Crippen molar-refractivity contribution in [1.82, 2.24) is 0 Å². The Hall–Kier alpha value is -1.69. The summed E-state index contributed by atoms with van der Waals surface area (Å²) in [6, 6.07) is 7.51. The van der Waals surface area contributed by atoms with Crippen molar-refractivity contribution >= 4 is 0 Å². The molecule has 2 rings (SSSR count). The Kier molecular flexibility index (Phi) is 1.85. The molecule has 1 N–H and O–H groups in total. The number of methoxy groups -OCH3 is 1. The SMILES string of the molecule is COc1cccc(C2(C#N)CC2)c1O. The summed E-state index contributed by atoms with van der Waals surface area (Å²) in [5.74, 6) is 0.540. The number of aromatic hydroxyl groups is 1. The third-order valence-electron chi connectivity index (χ3n) is 2.70. The van der Waals surface area contributed by atoms with Gasteiger partial charge in [0.25, 0.3) is 0 Å². The molecular weight excluding hydrogens is 178 g/mol. The summed E-state index contributed by atoms with van der Waals surface area (Å²) in [5, 5.41) is 18.8. The highest BCUT2D eigenvalue weighted by molar-refractivity contribution is 5.54. The lowest BCUT2D eigenvalue weighted by Gasteiger charge is -2.11. The zero-order valence-electron chi connectivity index (χ0n) is 7.95. The van der Waals surface area contributed by atoms with Crippen molar-refractivity contribution in [2.75, 3.05) is 7.11 Å². The topological polar surface area (TPSA) is 53.2 Å². The normalized spacial score (nSPS) is 17.1. The van der Waals surface area contributed by atoms with Gasteiger partial charge >= 0.3 is 0 Å². The molecule has 0 atom stereocenters. The number of nitriles is 1. The molecule has 0 heterocycles. The predicted molar refractivity (Wildman–Crippen MR) is 51.2 cm³/mol. The van der Waals surface area contributed by atoms with Crippen LogP contribution in [0.1, 0.15) is 18.4 Å². The third kappa shape index (κ3) is 1.12. The van der Waals surface area contributed by atoms with Crippen LogP contribution >= 0.6 is 0 Å². The Morgan fingerprint density at radius 1 is 1.50 bits per heavy atom. The Balaban J connectivity index is 2.50. The highest BCUT2D eigenvalue weighted by atomic mass is 16.5. The minimum atomic E-state index is -0.460. The van der Waals surface area contributed by atoms with Gasteiger partial charge in [-0.05, 0) is 18.9 Å². The molecule has 0 bridgehead atoms. The van der Waals surface area contributed by atoms with E-state index in [2.05, 4.69) is 6.07 Å². The van der Waals surface area contributed by atoms with E-state index in [1.54, 1.807) is 18.2 Å². The molecule has 3 nitrogen and oxygen atoms in total. The van der Waals surface area contributed by atoms with Crippen molar-refractivity contribution in [3.63, 3.8) is 0 Å². The first-order valence-corrected chi connectivity index (χ1v) is 4.51. The fourth-order valence-electron chi connectivity index (χ4n) is 1.64. The second kappa shape index (κ2) is 2.91. The van der Waals surface area contributed by atoms with E-state index in [0.29, 0.717) is 11.3 Å². The Bertz CT molecular complexity index is 402. The van der Waals surface area contributed by atoms with Crippen LogP contribution in [0, 0.1) is 11.3 Å². The Morgan fingerprint density at radius 3 is 2.71 bits per heavy atom. The zero-order chi connectivity index (χ0) is 10.2. The first kappa shape index (κ1) is 8.89. The Morgan fingerprint density at radius 2 is 2.21 bits per heavy atom. The van der Waals surface area contributed by atoms with Crippen LogP contribution in [0.5, 0.6) is 11.5 Å². The maximum absolute atomic E-state index is 9.82. The van der Waals surface area contributed by atoms with Crippen molar-refractivity contribution < 1.29 is 9.84 Å². The lowest BCUT2D eigenvalue weighted by atomic mass is 9.96. The molecule has 0 unspecified atom stereocenters. The van der Waals surface area contributed by atoms with Crippen LogP contribution in [0.25, 0.3) is 0 Å². The molecule has 1 aliphatic rings. The van der Waals surface area contributed by atoms with E-state index in [9.17, 15) is 5.11 Å². The van der Waals surface area contributed by atoms with Gasteiger partial charge in [-0.15, -0.1) is 0 Å². The van der Waals surface area contributed by atoms with Crippen molar-refractivity contribution in [2.45, 2.75) is 18.3 Å². The van der Waals surface area contributed by atoms with Crippen LogP contribution in [0.4, 0.5) is 0 Å². The van der Waals surface area contributed by atoms with Crippen LogP contribution in [0.2, 0.25) is 0 Å². The van der Waals surface area contributed by atoms with Gasteiger partial charge in [0.2, 0.25) is 0 Å². The molecule has 72 valence electrons. The van der Waals surface area contributed by atoms with Crippen LogP contribution in [0.3, 0.4) is 0 Å². The number of nitrogens with zero attached hydrogens (tertiary/aromatic N) is 1. The molecule has 3 heteroatoms. The first-order chi connectivity index (χ1) is 6.73. The van der Waals surface area contributed by atoms with Crippen LogP contribution in [0.15, 0.2) is 18.2 Å². The molecule has 1 aromatic rings. The van der Waals surface area contributed by atoms with Crippen molar-refractivity contribution in [2.24, 2.45) is 0 Å². The van der Waals surface area contributed by atoms with Gasteiger partial charge < -0.3 is 9.84 Å². The minimum Gasteiger partial charge on any atom is -0.504 e. The van der Waals surface area contributed by atoms with Crippen molar-refractivity contribution in [3.05, 3.63) is 23.8 Å². The molecule has 1 fully saturated rings. The summed E-state index contributed by atoms with van der Waals surface area (Å²) in [6.45, 7) is 0. The van der Waals surface area contributed by atoms with Gasteiger partial charge in [-0.1, -0.05) is 12.1 Å². The predicted octanol–water partition coefficient (Wildman–Crippen LogP) is 1.96. The molecule has 0 aliphatic heterocycles. The molecule has 1 aliphatic carbocycles. The summed E-state index contributed by atoms with van der Waals surface area (Å²) in [4.78, 5) is 0. The summed E-state index contributed by atoms with van der Waals surface area (Å²) in [6.07, 6.45) is 1.65. The van der Waals surface area contributed by atoms with Crippen LogP contribution < -0.4 is 4.74 Å². The number of hydrogen-bond acceptors (Lipinski definition) is 3. The lowest BCUT2D eigenvalue weighted by molar-refractivity contribution is 0.369. The second-order valence-electron chi connectivity index (χ2n) is 3.55. The number of phenolic OH excluding ortho intramolecular Hbond substituents is 1. The number of ether oxygens (including phenoxy) is 1. The molecule has 14 heavy (non-hydrogen) atoms. The van der Waals surface area contributed by atoms with E-state index in [1.807, 2.05) is 0 Å². The fourth-order valence-corrected chi connectivity index (χ4v) is 1.64. The highest BCUT2D eigenvalue weighted by Gasteiger charge is 2.47. The van der Waals surface area contributed by atoms with Gasteiger partial charge in [-0.25, -0.2) is 0 Å². The van der Waals surface area contributed by atoms with Crippen molar-refractivity contribution in [1.29, 1.82) is 5.26 Å². The van der Waals surface area contributed by atoms with E-state index in [0.717, 1.165) is 12.8 Å². The molecule has 0 radical (unpaired) electrons. The highest BCUT2D eigenvalue weighted by Crippen LogP contribution is 2.52. The number of benzene rings is 1. The van der Waals surface area contributed by atoms with Gasteiger partial charge in [0, 0.05) is 5.56 Å². The Labute approximate surface area is 82.6 Å². The van der Waals surface area contributed by atoms with Gasteiger partial charge in [-0.3, -0.25) is 0 Å². The largest absolute Gasteiger partial charge is 0.504 e. The summed E-state index contributed by atoms with van der Waals surface area (Å²) >= 11 is 0. The summed E-state index contributed by atoms with van der Waals surface area (Å²) < 4.78 is 4.99. The molecular formula is C11H11NO2. The lowest BCUT2D eigenvalue weighted by Crippen LogP contribution is -2.03. The van der Waals surface area contributed by atoms with E-state index in [1.165, 1.54) is 7.11 Å². The monoisotopic (exact) mass is 189 g/mol. The van der Waals surface area contributed by atoms with Gasteiger partial charge in [-0.2, -0.15) is 5.26 Å². The quantitative estimate of drug-likeness (QED) is 0.773.